The molecule has 1 aliphatic rings. The highest BCUT2D eigenvalue weighted by Crippen LogP contribution is 2.32. The summed E-state index contributed by atoms with van der Waals surface area (Å²) in [6, 6.07) is 12.1. The van der Waals surface area contributed by atoms with Gasteiger partial charge >= 0.3 is 5.97 Å². The smallest absolute Gasteiger partial charge is 0.338 e. The number of rotatable bonds is 6. The van der Waals surface area contributed by atoms with Crippen molar-refractivity contribution >= 4 is 17.6 Å². The number of fused-ring (bicyclic) bond motifs is 1. The highest BCUT2D eigenvalue weighted by molar-refractivity contribution is 5.97. The Bertz CT molecular complexity index is 909. The lowest BCUT2D eigenvalue weighted by molar-refractivity contribution is -0.121. The molecule has 0 spiro atoms. The van der Waals surface area contributed by atoms with Crippen molar-refractivity contribution < 1.29 is 28.2 Å². The molecule has 0 radical (unpaired) electrons. The second kappa shape index (κ2) is 8.19. The molecule has 2 aromatic carbocycles. The summed E-state index contributed by atoms with van der Waals surface area (Å²) in [5.74, 6) is -1.03. The lowest BCUT2D eigenvalue weighted by Crippen LogP contribution is -2.36. The Kier molecular flexibility index (Phi) is 5.52. The largest absolute Gasteiger partial charge is 0.454 e. The maximum absolute atomic E-state index is 14.0. The third kappa shape index (κ3) is 4.15. The average molecular weight is 370 g/mol. The van der Waals surface area contributed by atoms with Gasteiger partial charge in [0, 0.05) is 6.54 Å². The number of anilines is 1. The molecule has 8 heteroatoms. The van der Waals surface area contributed by atoms with Gasteiger partial charge in [0.15, 0.2) is 18.1 Å². The lowest BCUT2D eigenvalue weighted by Gasteiger charge is -2.22. The van der Waals surface area contributed by atoms with Gasteiger partial charge in [-0.1, -0.05) is 12.1 Å². The average Bonchev–Trinajstić information content (AvgIpc) is 3.15. The monoisotopic (exact) mass is 370 g/mol. The van der Waals surface area contributed by atoms with Gasteiger partial charge in [-0.25, -0.2) is 9.18 Å². The van der Waals surface area contributed by atoms with Crippen LogP contribution in [0.5, 0.6) is 11.5 Å². The first-order valence-corrected chi connectivity index (χ1v) is 8.09. The van der Waals surface area contributed by atoms with Crippen LogP contribution in [-0.4, -0.2) is 31.8 Å². The summed E-state index contributed by atoms with van der Waals surface area (Å²) < 4.78 is 29.4. The predicted octanol–water partition coefficient (Wildman–Crippen LogP) is 2.66. The molecule has 1 heterocycles. The van der Waals surface area contributed by atoms with Crippen LogP contribution in [-0.2, 0) is 9.53 Å². The van der Waals surface area contributed by atoms with Crippen molar-refractivity contribution in [1.82, 2.24) is 0 Å². The predicted molar refractivity (Wildman–Crippen MR) is 91.8 cm³/mol. The Labute approximate surface area is 154 Å². The van der Waals surface area contributed by atoms with Gasteiger partial charge in [-0.15, -0.1) is 0 Å². The van der Waals surface area contributed by atoms with Crippen molar-refractivity contribution in [3.63, 3.8) is 0 Å². The van der Waals surface area contributed by atoms with E-state index >= 15 is 0 Å². The molecular formula is C19H15FN2O5. The van der Waals surface area contributed by atoms with E-state index in [0.717, 1.165) is 4.90 Å². The molecule has 0 aromatic heterocycles. The molecule has 0 saturated heterocycles. The second-order valence-electron chi connectivity index (χ2n) is 5.55. The highest BCUT2D eigenvalue weighted by atomic mass is 19.1. The number of carbonyl (C=O) groups excluding carboxylic acids is 2. The third-order valence-corrected chi connectivity index (χ3v) is 3.83. The number of hydrogen-bond donors (Lipinski definition) is 0. The molecular weight excluding hydrogens is 355 g/mol. The van der Waals surface area contributed by atoms with E-state index in [0.29, 0.717) is 11.5 Å². The molecule has 27 heavy (non-hydrogen) atoms. The van der Waals surface area contributed by atoms with E-state index in [9.17, 15) is 14.0 Å². The topological polar surface area (TPSA) is 88.9 Å². The van der Waals surface area contributed by atoms with Crippen LogP contribution in [0.25, 0.3) is 0 Å². The first-order valence-electron chi connectivity index (χ1n) is 8.09. The van der Waals surface area contributed by atoms with Gasteiger partial charge in [0.25, 0.3) is 5.91 Å². The molecule has 0 fully saturated rings. The van der Waals surface area contributed by atoms with Gasteiger partial charge in [0.05, 0.1) is 23.7 Å². The summed E-state index contributed by atoms with van der Waals surface area (Å²) in [6.07, 6.45) is 0.0101. The summed E-state index contributed by atoms with van der Waals surface area (Å²) in [5, 5.41) is 8.77. The number of carbonyl (C=O) groups is 2. The Morgan fingerprint density at radius 2 is 1.96 bits per heavy atom. The minimum Gasteiger partial charge on any atom is -0.454 e. The summed E-state index contributed by atoms with van der Waals surface area (Å²) in [4.78, 5) is 25.7. The van der Waals surface area contributed by atoms with Crippen molar-refractivity contribution in [3.05, 3.63) is 53.8 Å². The van der Waals surface area contributed by atoms with E-state index in [4.69, 9.17) is 19.5 Å². The standard InChI is InChI=1S/C19H15FN2O5/c20-14-4-1-2-5-15(14)22(9-3-8-21)18(23)11-25-19(24)13-6-7-16-17(10-13)27-12-26-16/h1-2,4-7,10H,3,9,11-12H2. The van der Waals surface area contributed by atoms with Gasteiger partial charge in [-0.3, -0.25) is 4.79 Å². The SMILES string of the molecule is N#CCCN(C(=O)COC(=O)c1ccc2c(c1)OCO2)c1ccccc1F. The number of nitrogens with zero attached hydrogens (tertiary/aromatic N) is 2. The quantitative estimate of drug-likeness (QED) is 0.727. The molecule has 0 N–H and O–H groups in total. The maximum Gasteiger partial charge on any atom is 0.338 e. The molecule has 7 nitrogen and oxygen atoms in total. The number of nitriles is 1. The Morgan fingerprint density at radius 1 is 1.19 bits per heavy atom. The van der Waals surface area contributed by atoms with Crippen LogP contribution in [0, 0.1) is 17.1 Å². The molecule has 2 aromatic rings. The zero-order valence-corrected chi connectivity index (χ0v) is 14.2. The molecule has 0 saturated carbocycles. The molecule has 0 bridgehead atoms. The number of amides is 1. The van der Waals surface area contributed by atoms with Crippen molar-refractivity contribution in [3.8, 4) is 17.6 Å². The van der Waals surface area contributed by atoms with Gasteiger partial charge in [0.2, 0.25) is 6.79 Å². The molecule has 0 aliphatic carbocycles. The number of ether oxygens (including phenoxy) is 3. The van der Waals surface area contributed by atoms with Crippen molar-refractivity contribution in [1.29, 1.82) is 5.26 Å². The van der Waals surface area contributed by atoms with Crippen LogP contribution in [0.15, 0.2) is 42.5 Å². The fourth-order valence-electron chi connectivity index (χ4n) is 2.52. The maximum atomic E-state index is 14.0. The Morgan fingerprint density at radius 3 is 2.74 bits per heavy atom. The number of para-hydroxylation sites is 1. The van der Waals surface area contributed by atoms with Crippen LogP contribution in [0.3, 0.4) is 0 Å². The van der Waals surface area contributed by atoms with Crippen LogP contribution >= 0.6 is 0 Å². The lowest BCUT2D eigenvalue weighted by atomic mass is 10.2. The Balaban J connectivity index is 1.67. The van der Waals surface area contributed by atoms with Crippen molar-refractivity contribution in [2.24, 2.45) is 0 Å². The minimum absolute atomic E-state index is 0.0101. The second-order valence-corrected chi connectivity index (χ2v) is 5.55. The first-order chi connectivity index (χ1) is 13.1. The van der Waals surface area contributed by atoms with Gasteiger partial charge in [-0.05, 0) is 30.3 Å². The van der Waals surface area contributed by atoms with Crippen molar-refractivity contribution in [2.45, 2.75) is 6.42 Å². The number of halogens is 1. The fourth-order valence-corrected chi connectivity index (χ4v) is 2.52. The number of benzene rings is 2. The molecule has 0 atom stereocenters. The van der Waals surface area contributed by atoms with E-state index in [-0.39, 0.29) is 31.0 Å². The van der Waals surface area contributed by atoms with Gasteiger partial charge < -0.3 is 19.1 Å². The number of hydrogen-bond acceptors (Lipinski definition) is 6. The molecule has 138 valence electrons. The highest BCUT2D eigenvalue weighted by Gasteiger charge is 2.22. The molecule has 1 aliphatic heterocycles. The van der Waals surface area contributed by atoms with Crippen LogP contribution in [0.2, 0.25) is 0 Å². The summed E-state index contributed by atoms with van der Waals surface area (Å²) >= 11 is 0. The molecule has 3 rings (SSSR count). The fraction of sp³-hybridized carbons (Fsp3) is 0.211. The van der Waals surface area contributed by atoms with Gasteiger partial charge in [-0.2, -0.15) is 5.26 Å². The van der Waals surface area contributed by atoms with Crippen molar-refractivity contribution in [2.75, 3.05) is 24.8 Å². The van der Waals surface area contributed by atoms with E-state index in [2.05, 4.69) is 0 Å². The summed E-state index contributed by atoms with van der Waals surface area (Å²) in [6.45, 7) is -0.534. The normalized spacial score (nSPS) is 11.6. The van der Waals surface area contributed by atoms with Crippen LogP contribution in [0.1, 0.15) is 16.8 Å². The molecule has 0 unspecified atom stereocenters. The van der Waals surface area contributed by atoms with Crippen LogP contribution < -0.4 is 14.4 Å². The Hall–Kier alpha value is -3.60. The minimum atomic E-state index is -0.726. The van der Waals surface area contributed by atoms with Gasteiger partial charge in [0.1, 0.15) is 5.82 Å². The van der Waals surface area contributed by atoms with Crippen LogP contribution in [0.4, 0.5) is 10.1 Å². The van der Waals surface area contributed by atoms with E-state index in [1.54, 1.807) is 12.1 Å². The molecule has 1 amide bonds. The van der Waals surface area contributed by atoms with E-state index in [1.807, 2.05) is 6.07 Å². The third-order valence-electron chi connectivity index (χ3n) is 3.83. The summed E-state index contributed by atoms with van der Waals surface area (Å²) in [7, 11) is 0. The zero-order chi connectivity index (χ0) is 19.2. The summed E-state index contributed by atoms with van der Waals surface area (Å²) in [5.41, 5.74) is 0.221. The first kappa shape index (κ1) is 18.2. The van der Waals surface area contributed by atoms with E-state index in [1.165, 1.54) is 30.3 Å². The zero-order valence-electron chi connectivity index (χ0n) is 14.2. The number of esters is 1. The van der Waals surface area contributed by atoms with E-state index < -0.39 is 24.3 Å².